The van der Waals surface area contributed by atoms with E-state index in [1.807, 2.05) is 0 Å². The lowest BCUT2D eigenvalue weighted by molar-refractivity contribution is 0.102. The molecule has 1 heterocycles. The van der Waals surface area contributed by atoms with Gasteiger partial charge < -0.3 is 10.4 Å². The topological polar surface area (TPSA) is 49.3 Å². The molecule has 7 heteroatoms. The molecule has 0 atom stereocenters. The first kappa shape index (κ1) is 15.8. The van der Waals surface area contributed by atoms with Crippen LogP contribution in [-0.2, 0) is 0 Å². The van der Waals surface area contributed by atoms with Crippen molar-refractivity contribution in [2.45, 2.75) is 0 Å². The van der Waals surface area contributed by atoms with E-state index >= 15 is 0 Å². The minimum absolute atomic E-state index is 0.169. The fourth-order valence-electron chi connectivity index (χ4n) is 1.48. The van der Waals surface area contributed by atoms with Gasteiger partial charge in [0.1, 0.15) is 6.61 Å². The highest BCUT2D eigenvalue weighted by atomic mass is 35.5. The van der Waals surface area contributed by atoms with Crippen molar-refractivity contribution in [1.82, 2.24) is 0 Å². The van der Waals surface area contributed by atoms with Gasteiger partial charge in [0.15, 0.2) is 5.82 Å². The average Bonchev–Trinajstić information content (AvgIpc) is 2.91. The van der Waals surface area contributed by atoms with Crippen molar-refractivity contribution in [2.75, 3.05) is 11.9 Å². The van der Waals surface area contributed by atoms with Crippen LogP contribution in [0.2, 0.25) is 10.0 Å². The van der Waals surface area contributed by atoms with Crippen molar-refractivity contribution >= 4 is 46.1 Å². The predicted octanol–water partition coefficient (Wildman–Crippen LogP) is 3.79. The molecular weight excluding hydrogens is 336 g/mol. The smallest absolute Gasteiger partial charge is 0.256 e. The van der Waals surface area contributed by atoms with Crippen molar-refractivity contribution in [3.05, 3.63) is 49.9 Å². The largest absolute Gasteiger partial charge is 0.384 e. The Balaban J connectivity index is 2.16. The Morgan fingerprint density at radius 1 is 1.33 bits per heavy atom. The lowest BCUT2D eigenvalue weighted by Crippen LogP contribution is -2.11. The Morgan fingerprint density at radius 2 is 2.00 bits per heavy atom. The third-order valence-corrected chi connectivity index (χ3v) is 3.79. The molecule has 0 bridgehead atoms. The van der Waals surface area contributed by atoms with E-state index in [1.165, 1.54) is 23.5 Å². The average molecular weight is 344 g/mol. The lowest BCUT2D eigenvalue weighted by Gasteiger charge is -2.06. The summed E-state index contributed by atoms with van der Waals surface area (Å²) < 4.78 is 13.3. The van der Waals surface area contributed by atoms with Crippen LogP contribution in [0.4, 0.5) is 10.1 Å². The van der Waals surface area contributed by atoms with Crippen LogP contribution in [0.3, 0.4) is 0 Å². The first-order chi connectivity index (χ1) is 10.0. The third-order valence-electron chi connectivity index (χ3n) is 2.39. The Hall–Kier alpha value is -1.58. The van der Waals surface area contributed by atoms with Gasteiger partial charge in [-0.3, -0.25) is 4.79 Å². The summed E-state index contributed by atoms with van der Waals surface area (Å²) in [5, 5.41) is 12.5. The van der Waals surface area contributed by atoms with Gasteiger partial charge in [0, 0.05) is 11.1 Å². The highest BCUT2D eigenvalue weighted by Gasteiger charge is 2.12. The van der Waals surface area contributed by atoms with Gasteiger partial charge in [-0.05, 0) is 18.2 Å². The standard InChI is InChI=1S/C14H8Cl2FNO2S/c15-11-5-9(6-12(16)13(11)17)18-14(20)8-4-10(21-7-8)2-1-3-19/h4-7,19H,3H2,(H,18,20). The van der Waals surface area contributed by atoms with Crippen LogP contribution in [0.5, 0.6) is 0 Å². The number of hydrogen-bond acceptors (Lipinski definition) is 3. The Morgan fingerprint density at radius 3 is 2.62 bits per heavy atom. The van der Waals surface area contributed by atoms with Crippen LogP contribution in [0.1, 0.15) is 15.2 Å². The number of rotatable bonds is 2. The van der Waals surface area contributed by atoms with Gasteiger partial charge in [-0.15, -0.1) is 11.3 Å². The first-order valence-corrected chi connectivity index (χ1v) is 7.29. The molecule has 0 aliphatic heterocycles. The van der Waals surface area contributed by atoms with Gasteiger partial charge in [-0.2, -0.15) is 0 Å². The van der Waals surface area contributed by atoms with Crippen molar-refractivity contribution in [3.63, 3.8) is 0 Å². The molecule has 1 aromatic carbocycles. The van der Waals surface area contributed by atoms with Gasteiger partial charge in [-0.25, -0.2) is 4.39 Å². The molecule has 0 unspecified atom stereocenters. The van der Waals surface area contributed by atoms with Crippen LogP contribution >= 0.6 is 34.5 Å². The molecule has 108 valence electrons. The zero-order valence-electron chi connectivity index (χ0n) is 10.4. The number of aliphatic hydroxyl groups excluding tert-OH is 1. The molecule has 1 aromatic heterocycles. The fraction of sp³-hybridized carbons (Fsp3) is 0.0714. The van der Waals surface area contributed by atoms with Gasteiger partial charge in [-0.1, -0.05) is 35.0 Å². The summed E-state index contributed by atoms with van der Waals surface area (Å²) in [6.45, 7) is -0.244. The highest BCUT2D eigenvalue weighted by Crippen LogP contribution is 2.27. The summed E-state index contributed by atoms with van der Waals surface area (Å²) in [5.74, 6) is 4.09. The molecule has 21 heavy (non-hydrogen) atoms. The molecule has 0 spiro atoms. The maximum absolute atomic E-state index is 13.3. The Kier molecular flexibility index (Phi) is 5.21. The van der Waals surface area contributed by atoms with Crippen molar-refractivity contribution in [1.29, 1.82) is 0 Å². The highest BCUT2D eigenvalue weighted by molar-refractivity contribution is 7.10. The van der Waals surface area contributed by atoms with E-state index in [-0.39, 0.29) is 22.6 Å². The third kappa shape index (κ3) is 3.96. The van der Waals surface area contributed by atoms with E-state index in [9.17, 15) is 9.18 Å². The molecule has 2 rings (SSSR count). The molecule has 0 radical (unpaired) electrons. The molecule has 0 aliphatic carbocycles. The second-order valence-electron chi connectivity index (χ2n) is 3.87. The number of halogens is 3. The summed E-state index contributed by atoms with van der Waals surface area (Å²) in [6, 6.07) is 4.15. The van der Waals surface area contributed by atoms with Gasteiger partial charge >= 0.3 is 0 Å². The normalized spacial score (nSPS) is 9.90. The lowest BCUT2D eigenvalue weighted by atomic mass is 10.2. The molecule has 1 amide bonds. The Labute approximate surface area is 134 Å². The number of hydrogen-bond donors (Lipinski definition) is 2. The maximum Gasteiger partial charge on any atom is 0.256 e. The van der Waals surface area contributed by atoms with E-state index < -0.39 is 5.82 Å². The number of carbonyl (C=O) groups is 1. The van der Waals surface area contributed by atoms with Crippen molar-refractivity contribution in [3.8, 4) is 11.8 Å². The quantitative estimate of drug-likeness (QED) is 0.643. The number of aliphatic hydroxyl groups is 1. The van der Waals surface area contributed by atoms with E-state index in [4.69, 9.17) is 28.3 Å². The SMILES string of the molecule is O=C(Nc1cc(Cl)c(F)c(Cl)c1)c1csc(C#CCO)c1. The second kappa shape index (κ2) is 6.92. The molecule has 2 N–H and O–H groups in total. The molecule has 2 aromatic rings. The molecular formula is C14H8Cl2FNO2S. The molecule has 0 saturated heterocycles. The van der Waals surface area contributed by atoms with Crippen LogP contribution in [-0.4, -0.2) is 17.6 Å². The maximum atomic E-state index is 13.3. The number of anilines is 1. The van der Waals surface area contributed by atoms with Crippen LogP contribution < -0.4 is 5.32 Å². The van der Waals surface area contributed by atoms with Crippen molar-refractivity contribution in [2.24, 2.45) is 0 Å². The minimum Gasteiger partial charge on any atom is -0.384 e. The van der Waals surface area contributed by atoms with Crippen LogP contribution in [0.15, 0.2) is 23.6 Å². The van der Waals surface area contributed by atoms with E-state index in [0.29, 0.717) is 16.1 Å². The number of thiophene rings is 1. The summed E-state index contributed by atoms with van der Waals surface area (Å²) in [4.78, 5) is 12.7. The van der Waals surface area contributed by atoms with Crippen LogP contribution in [0, 0.1) is 17.7 Å². The summed E-state index contributed by atoms with van der Waals surface area (Å²) in [6.07, 6.45) is 0. The van der Waals surface area contributed by atoms with Gasteiger partial charge in [0.2, 0.25) is 0 Å². The fourth-order valence-corrected chi connectivity index (χ4v) is 2.72. The summed E-state index contributed by atoms with van der Waals surface area (Å²) in [5.41, 5.74) is 0.699. The van der Waals surface area contributed by atoms with E-state index in [1.54, 1.807) is 11.4 Å². The monoisotopic (exact) mass is 343 g/mol. The second-order valence-corrected chi connectivity index (χ2v) is 5.59. The van der Waals surface area contributed by atoms with E-state index in [0.717, 1.165) is 0 Å². The Bertz CT molecular complexity index is 726. The molecule has 0 fully saturated rings. The van der Waals surface area contributed by atoms with Gasteiger partial charge in [0.05, 0.1) is 20.5 Å². The minimum atomic E-state index is -0.728. The number of amides is 1. The predicted molar refractivity (Wildman–Crippen MR) is 82.7 cm³/mol. The number of nitrogens with one attached hydrogen (secondary N) is 1. The molecule has 3 nitrogen and oxygen atoms in total. The number of benzene rings is 1. The number of carbonyl (C=O) groups excluding carboxylic acids is 1. The van der Waals surface area contributed by atoms with E-state index in [2.05, 4.69) is 17.2 Å². The van der Waals surface area contributed by atoms with Gasteiger partial charge in [0.25, 0.3) is 5.91 Å². The zero-order valence-corrected chi connectivity index (χ0v) is 12.7. The molecule has 0 aliphatic rings. The zero-order chi connectivity index (χ0) is 15.4. The van der Waals surface area contributed by atoms with Crippen LogP contribution in [0.25, 0.3) is 0 Å². The molecule has 0 saturated carbocycles. The summed E-state index contributed by atoms with van der Waals surface area (Å²) >= 11 is 12.6. The first-order valence-electron chi connectivity index (χ1n) is 5.65. The van der Waals surface area contributed by atoms with Crippen molar-refractivity contribution < 1.29 is 14.3 Å². The summed E-state index contributed by atoms with van der Waals surface area (Å²) in [7, 11) is 0.